The van der Waals surface area contributed by atoms with E-state index in [0.29, 0.717) is 13.0 Å². The smallest absolute Gasteiger partial charge is 0.239 e. The number of nitrogens with two attached hydrogens (primary N) is 1. The molecule has 1 amide bonds. The Morgan fingerprint density at radius 1 is 1.12 bits per heavy atom. The molecule has 0 radical (unpaired) electrons. The number of benzene rings is 2. The Kier molecular flexibility index (Phi) is 5.19. The van der Waals surface area contributed by atoms with E-state index in [1.807, 2.05) is 54.6 Å². The van der Waals surface area contributed by atoms with E-state index < -0.39 is 6.04 Å². The predicted octanol–water partition coefficient (Wildman–Crippen LogP) is 3.52. The highest BCUT2D eigenvalue weighted by atomic mass is 16.3. The van der Waals surface area contributed by atoms with Gasteiger partial charge in [0, 0.05) is 31.0 Å². The quantitative estimate of drug-likeness (QED) is 0.749. The maximum absolute atomic E-state index is 12.7. The number of fused-ring (bicyclic) bond motifs is 1. The second-order valence-electron chi connectivity index (χ2n) is 6.34. The zero-order valence-corrected chi connectivity index (χ0v) is 14.7. The van der Waals surface area contributed by atoms with Crippen LogP contribution in [0.25, 0.3) is 11.0 Å². The highest BCUT2D eigenvalue weighted by molar-refractivity contribution is 5.85. The van der Waals surface area contributed by atoms with E-state index in [-0.39, 0.29) is 5.91 Å². The monoisotopic (exact) mass is 336 g/mol. The second kappa shape index (κ2) is 7.53. The van der Waals surface area contributed by atoms with Crippen LogP contribution in [0.1, 0.15) is 23.8 Å². The Morgan fingerprint density at radius 2 is 1.80 bits per heavy atom. The van der Waals surface area contributed by atoms with E-state index in [0.717, 1.165) is 34.3 Å². The van der Waals surface area contributed by atoms with Gasteiger partial charge in [0.15, 0.2) is 0 Å². The van der Waals surface area contributed by atoms with E-state index >= 15 is 0 Å². The third-order valence-electron chi connectivity index (χ3n) is 4.49. The van der Waals surface area contributed by atoms with Crippen molar-refractivity contribution in [1.82, 2.24) is 4.90 Å². The first-order chi connectivity index (χ1) is 12.1. The van der Waals surface area contributed by atoms with E-state index in [1.54, 1.807) is 11.9 Å². The zero-order valence-electron chi connectivity index (χ0n) is 14.7. The first kappa shape index (κ1) is 17.2. The van der Waals surface area contributed by atoms with Crippen molar-refractivity contribution >= 4 is 16.9 Å². The highest BCUT2D eigenvalue weighted by Crippen LogP contribution is 2.27. The second-order valence-corrected chi connectivity index (χ2v) is 6.34. The van der Waals surface area contributed by atoms with Crippen LogP contribution >= 0.6 is 0 Å². The van der Waals surface area contributed by atoms with Gasteiger partial charge in [-0.2, -0.15) is 0 Å². The molecule has 0 unspecified atom stereocenters. The van der Waals surface area contributed by atoms with Crippen LogP contribution in [0.5, 0.6) is 0 Å². The van der Waals surface area contributed by atoms with Gasteiger partial charge in [-0.15, -0.1) is 0 Å². The molecule has 1 aromatic heterocycles. The third-order valence-corrected chi connectivity index (χ3v) is 4.49. The third kappa shape index (κ3) is 3.74. The van der Waals surface area contributed by atoms with Crippen LogP contribution < -0.4 is 5.73 Å². The zero-order chi connectivity index (χ0) is 17.8. The van der Waals surface area contributed by atoms with Gasteiger partial charge in [-0.05, 0) is 18.1 Å². The molecule has 3 rings (SSSR count). The first-order valence-corrected chi connectivity index (χ1v) is 8.64. The summed E-state index contributed by atoms with van der Waals surface area (Å²) in [6.45, 7) is 2.56. The maximum Gasteiger partial charge on any atom is 0.239 e. The minimum absolute atomic E-state index is 0.0591. The summed E-state index contributed by atoms with van der Waals surface area (Å²) in [6, 6.07) is 17.3. The molecule has 2 N–H and O–H groups in total. The number of hydrogen-bond donors (Lipinski definition) is 1. The van der Waals surface area contributed by atoms with Gasteiger partial charge in [-0.1, -0.05) is 55.5 Å². The van der Waals surface area contributed by atoms with Gasteiger partial charge < -0.3 is 15.1 Å². The molecule has 0 spiro atoms. The number of carbonyl (C=O) groups excluding carboxylic acids is 1. The lowest BCUT2D eigenvalue weighted by Crippen LogP contribution is -2.42. The number of rotatable bonds is 6. The summed E-state index contributed by atoms with van der Waals surface area (Å²) >= 11 is 0. The Balaban J connectivity index is 1.75. The molecule has 1 heterocycles. The molecule has 0 fully saturated rings. The summed E-state index contributed by atoms with van der Waals surface area (Å²) in [4.78, 5) is 14.4. The topological polar surface area (TPSA) is 59.5 Å². The Bertz CT molecular complexity index is 855. The summed E-state index contributed by atoms with van der Waals surface area (Å²) in [5, 5.41) is 1.07. The normalized spacial score (nSPS) is 12.3. The van der Waals surface area contributed by atoms with Gasteiger partial charge in [-0.25, -0.2) is 0 Å². The van der Waals surface area contributed by atoms with Gasteiger partial charge in [0.2, 0.25) is 5.91 Å². The van der Waals surface area contributed by atoms with Crippen molar-refractivity contribution in [2.75, 3.05) is 7.05 Å². The van der Waals surface area contributed by atoms with Crippen LogP contribution in [0.3, 0.4) is 0 Å². The molecule has 0 aliphatic heterocycles. The number of hydrogen-bond acceptors (Lipinski definition) is 3. The average molecular weight is 336 g/mol. The molecule has 25 heavy (non-hydrogen) atoms. The summed E-state index contributed by atoms with van der Waals surface area (Å²) in [7, 11) is 1.80. The fraction of sp³-hybridized carbons (Fsp3) is 0.286. The molecule has 0 aliphatic rings. The average Bonchev–Trinajstić information content (AvgIpc) is 2.99. The summed E-state index contributed by atoms with van der Waals surface area (Å²) in [6.07, 6.45) is 1.33. The molecule has 1 atom stereocenters. The lowest BCUT2D eigenvalue weighted by atomic mass is 10.0. The van der Waals surface area contributed by atoms with Crippen LogP contribution in [0.4, 0.5) is 0 Å². The van der Waals surface area contributed by atoms with E-state index in [9.17, 15) is 4.79 Å². The van der Waals surface area contributed by atoms with Gasteiger partial charge in [-0.3, -0.25) is 4.79 Å². The number of carbonyl (C=O) groups is 1. The van der Waals surface area contributed by atoms with E-state index in [4.69, 9.17) is 10.2 Å². The number of furan rings is 1. The predicted molar refractivity (Wildman–Crippen MR) is 100 cm³/mol. The van der Waals surface area contributed by atoms with Gasteiger partial charge in [0.05, 0.1) is 6.04 Å². The molecule has 0 aliphatic carbocycles. The summed E-state index contributed by atoms with van der Waals surface area (Å²) < 4.78 is 5.92. The van der Waals surface area contributed by atoms with Crippen molar-refractivity contribution in [2.45, 2.75) is 32.4 Å². The molecule has 0 saturated carbocycles. The van der Waals surface area contributed by atoms with Crippen molar-refractivity contribution in [3.05, 3.63) is 71.5 Å². The van der Waals surface area contributed by atoms with Crippen LogP contribution in [-0.4, -0.2) is 23.9 Å². The lowest BCUT2D eigenvalue weighted by molar-refractivity contribution is -0.131. The van der Waals surface area contributed by atoms with Crippen molar-refractivity contribution in [2.24, 2.45) is 5.73 Å². The van der Waals surface area contributed by atoms with Crippen molar-refractivity contribution in [3.63, 3.8) is 0 Å². The Morgan fingerprint density at radius 3 is 2.52 bits per heavy atom. The molecule has 4 heteroatoms. The largest absolute Gasteiger partial charge is 0.461 e. The molecule has 0 bridgehead atoms. The summed E-state index contributed by atoms with van der Waals surface area (Å²) in [5.74, 6) is 0.869. The lowest BCUT2D eigenvalue weighted by Gasteiger charge is -2.21. The molecular weight excluding hydrogens is 312 g/mol. The van der Waals surface area contributed by atoms with Crippen LogP contribution in [0, 0.1) is 0 Å². The molecule has 3 aromatic rings. The fourth-order valence-electron chi connectivity index (χ4n) is 3.16. The van der Waals surface area contributed by atoms with Crippen molar-refractivity contribution < 1.29 is 9.21 Å². The Labute approximate surface area is 148 Å². The number of para-hydroxylation sites is 1. The number of nitrogens with zero attached hydrogens (tertiary/aromatic N) is 1. The van der Waals surface area contributed by atoms with Crippen LogP contribution in [-0.2, 0) is 24.2 Å². The number of aryl methyl sites for hydroxylation is 1. The molecule has 130 valence electrons. The Hall–Kier alpha value is -2.59. The SMILES string of the molecule is CCc1oc2ccccc2c1CN(C)C(=O)[C@@H](N)Cc1ccccc1. The van der Waals surface area contributed by atoms with Gasteiger partial charge >= 0.3 is 0 Å². The minimum atomic E-state index is -0.546. The van der Waals surface area contributed by atoms with E-state index in [1.165, 1.54) is 0 Å². The molecule has 4 nitrogen and oxygen atoms in total. The standard InChI is InChI=1S/C21H24N2O2/c1-3-19-17(16-11-7-8-12-20(16)25-19)14-23(2)21(24)18(22)13-15-9-5-4-6-10-15/h4-12,18H,3,13-14,22H2,1-2H3/t18-/m0/s1. The van der Waals surface area contributed by atoms with Crippen LogP contribution in [0.2, 0.25) is 0 Å². The maximum atomic E-state index is 12.7. The van der Waals surface area contributed by atoms with Crippen molar-refractivity contribution in [1.29, 1.82) is 0 Å². The molecule has 0 saturated heterocycles. The molecular formula is C21H24N2O2. The minimum Gasteiger partial charge on any atom is -0.461 e. The summed E-state index contributed by atoms with van der Waals surface area (Å²) in [5.41, 5.74) is 9.15. The fourth-order valence-corrected chi connectivity index (χ4v) is 3.16. The number of likely N-dealkylation sites (N-methyl/N-ethyl adjacent to an activating group) is 1. The van der Waals surface area contributed by atoms with Crippen LogP contribution in [0.15, 0.2) is 59.0 Å². The van der Waals surface area contributed by atoms with Gasteiger partial charge in [0.1, 0.15) is 11.3 Å². The van der Waals surface area contributed by atoms with Gasteiger partial charge in [0.25, 0.3) is 0 Å². The highest BCUT2D eigenvalue weighted by Gasteiger charge is 2.21. The van der Waals surface area contributed by atoms with Crippen molar-refractivity contribution in [3.8, 4) is 0 Å². The first-order valence-electron chi connectivity index (χ1n) is 8.64. The number of amides is 1. The van der Waals surface area contributed by atoms with E-state index in [2.05, 4.69) is 6.92 Å². The molecule has 2 aromatic carbocycles.